The second-order valence-electron chi connectivity index (χ2n) is 4.14. The highest BCUT2D eigenvalue weighted by Gasteiger charge is 2.10. The predicted octanol–water partition coefficient (Wildman–Crippen LogP) is 2.21. The lowest BCUT2D eigenvalue weighted by molar-refractivity contribution is -0.140. The van der Waals surface area contributed by atoms with Gasteiger partial charge in [0.25, 0.3) is 0 Å². The molecule has 0 unspecified atom stereocenters. The smallest absolute Gasteiger partial charge is 0.409 e. The SMILES string of the molecule is COC(=O)CCCN(C)C(=O)OCc1ccccc1. The molecule has 19 heavy (non-hydrogen) atoms. The van der Waals surface area contributed by atoms with Gasteiger partial charge in [0.2, 0.25) is 0 Å². The van der Waals surface area contributed by atoms with Crippen LogP contribution in [0, 0.1) is 0 Å². The van der Waals surface area contributed by atoms with Crippen LogP contribution in [0.5, 0.6) is 0 Å². The molecular weight excluding hydrogens is 246 g/mol. The second-order valence-corrected chi connectivity index (χ2v) is 4.14. The van der Waals surface area contributed by atoms with Gasteiger partial charge < -0.3 is 14.4 Å². The van der Waals surface area contributed by atoms with Crippen LogP contribution in [0.3, 0.4) is 0 Å². The van der Waals surface area contributed by atoms with E-state index >= 15 is 0 Å². The molecule has 0 saturated heterocycles. The van der Waals surface area contributed by atoms with Crippen LogP contribution in [0.15, 0.2) is 30.3 Å². The molecule has 0 fully saturated rings. The molecule has 0 aliphatic heterocycles. The van der Waals surface area contributed by atoms with Crippen molar-refractivity contribution in [1.82, 2.24) is 4.90 Å². The van der Waals surface area contributed by atoms with Crippen LogP contribution < -0.4 is 0 Å². The number of carbonyl (C=O) groups is 2. The average Bonchev–Trinajstić information content (AvgIpc) is 2.45. The van der Waals surface area contributed by atoms with Gasteiger partial charge in [-0.25, -0.2) is 4.79 Å². The monoisotopic (exact) mass is 265 g/mol. The predicted molar refractivity (Wildman–Crippen MR) is 70.5 cm³/mol. The lowest BCUT2D eigenvalue weighted by Gasteiger charge is -2.16. The van der Waals surface area contributed by atoms with Gasteiger partial charge in [0.15, 0.2) is 0 Å². The number of hydrogen-bond donors (Lipinski definition) is 0. The zero-order chi connectivity index (χ0) is 14.1. The zero-order valence-corrected chi connectivity index (χ0v) is 11.3. The molecule has 5 heteroatoms. The summed E-state index contributed by atoms with van der Waals surface area (Å²) in [5.74, 6) is -0.272. The van der Waals surface area contributed by atoms with Gasteiger partial charge in [-0.15, -0.1) is 0 Å². The Hall–Kier alpha value is -2.04. The molecule has 0 radical (unpaired) electrons. The fourth-order valence-electron chi connectivity index (χ4n) is 1.48. The van der Waals surface area contributed by atoms with E-state index < -0.39 is 6.09 Å². The topological polar surface area (TPSA) is 55.8 Å². The highest BCUT2D eigenvalue weighted by molar-refractivity contribution is 5.69. The molecule has 0 bridgehead atoms. The first-order valence-corrected chi connectivity index (χ1v) is 6.12. The van der Waals surface area contributed by atoms with E-state index in [1.54, 1.807) is 7.05 Å². The van der Waals surface area contributed by atoms with Crippen molar-refractivity contribution < 1.29 is 19.1 Å². The first-order valence-electron chi connectivity index (χ1n) is 6.12. The van der Waals surface area contributed by atoms with Crippen molar-refractivity contribution in [2.75, 3.05) is 20.7 Å². The van der Waals surface area contributed by atoms with Crippen molar-refractivity contribution in [3.05, 3.63) is 35.9 Å². The van der Waals surface area contributed by atoms with Crippen molar-refractivity contribution in [2.45, 2.75) is 19.4 Å². The third-order valence-electron chi connectivity index (χ3n) is 2.62. The minimum absolute atomic E-state index is 0.251. The molecule has 104 valence electrons. The molecule has 0 N–H and O–H groups in total. The quantitative estimate of drug-likeness (QED) is 0.740. The first-order chi connectivity index (χ1) is 9.13. The molecule has 0 heterocycles. The molecule has 0 aromatic heterocycles. The van der Waals surface area contributed by atoms with Crippen molar-refractivity contribution in [2.24, 2.45) is 0 Å². The van der Waals surface area contributed by atoms with E-state index in [0.29, 0.717) is 19.4 Å². The summed E-state index contributed by atoms with van der Waals surface area (Å²) in [4.78, 5) is 24.0. The van der Waals surface area contributed by atoms with E-state index in [4.69, 9.17) is 4.74 Å². The summed E-state index contributed by atoms with van der Waals surface area (Å²) in [5.41, 5.74) is 0.943. The van der Waals surface area contributed by atoms with Crippen LogP contribution >= 0.6 is 0 Å². The Morgan fingerprint density at radius 3 is 2.53 bits per heavy atom. The van der Waals surface area contributed by atoms with Crippen LogP contribution in [-0.2, 0) is 20.9 Å². The number of methoxy groups -OCH3 is 1. The lowest BCUT2D eigenvalue weighted by atomic mass is 10.2. The second kappa shape index (κ2) is 8.13. The highest BCUT2D eigenvalue weighted by atomic mass is 16.6. The molecule has 0 aliphatic rings. The average molecular weight is 265 g/mol. The fourth-order valence-corrected chi connectivity index (χ4v) is 1.48. The number of amides is 1. The summed E-state index contributed by atoms with van der Waals surface area (Å²) in [7, 11) is 2.99. The van der Waals surface area contributed by atoms with E-state index in [2.05, 4.69) is 4.74 Å². The maximum atomic E-state index is 11.6. The largest absolute Gasteiger partial charge is 0.469 e. The van der Waals surface area contributed by atoms with Crippen molar-refractivity contribution >= 4 is 12.1 Å². The molecule has 1 rings (SSSR count). The van der Waals surface area contributed by atoms with E-state index in [1.165, 1.54) is 12.0 Å². The number of carbonyl (C=O) groups excluding carboxylic acids is 2. The molecule has 0 spiro atoms. The highest BCUT2D eigenvalue weighted by Crippen LogP contribution is 2.03. The van der Waals surface area contributed by atoms with Gasteiger partial charge in [-0.05, 0) is 12.0 Å². The summed E-state index contributed by atoms with van der Waals surface area (Å²) in [6, 6.07) is 9.48. The molecule has 1 aromatic rings. The number of rotatable bonds is 6. The Bertz CT molecular complexity index is 405. The first kappa shape index (κ1) is 15.0. The normalized spacial score (nSPS) is 9.79. The molecule has 0 aliphatic carbocycles. The summed E-state index contributed by atoms with van der Waals surface area (Å²) in [6.07, 6.45) is 0.463. The van der Waals surface area contributed by atoms with Gasteiger partial charge in [-0.3, -0.25) is 4.79 Å². The van der Waals surface area contributed by atoms with E-state index in [1.807, 2.05) is 30.3 Å². The Morgan fingerprint density at radius 2 is 1.89 bits per heavy atom. The third-order valence-corrected chi connectivity index (χ3v) is 2.62. The van der Waals surface area contributed by atoms with Gasteiger partial charge >= 0.3 is 12.1 Å². The van der Waals surface area contributed by atoms with Gasteiger partial charge in [-0.2, -0.15) is 0 Å². The Kier molecular flexibility index (Phi) is 6.43. The summed E-state index contributed by atoms with van der Waals surface area (Å²) >= 11 is 0. The van der Waals surface area contributed by atoms with Gasteiger partial charge in [-0.1, -0.05) is 30.3 Å². The van der Waals surface area contributed by atoms with Gasteiger partial charge in [0.1, 0.15) is 6.61 Å². The molecular formula is C14H19NO4. The van der Waals surface area contributed by atoms with Gasteiger partial charge in [0.05, 0.1) is 7.11 Å². The molecule has 0 saturated carbocycles. The van der Waals surface area contributed by atoms with E-state index in [0.717, 1.165) is 5.56 Å². The van der Waals surface area contributed by atoms with Crippen LogP contribution in [0.4, 0.5) is 4.79 Å². The molecule has 1 amide bonds. The van der Waals surface area contributed by atoms with Crippen LogP contribution in [-0.4, -0.2) is 37.7 Å². The Balaban J connectivity index is 2.23. The molecule has 5 nitrogen and oxygen atoms in total. The fraction of sp³-hybridized carbons (Fsp3) is 0.429. The minimum Gasteiger partial charge on any atom is -0.469 e. The van der Waals surface area contributed by atoms with E-state index in [9.17, 15) is 9.59 Å². The van der Waals surface area contributed by atoms with Crippen molar-refractivity contribution in [3.63, 3.8) is 0 Å². The number of nitrogens with zero attached hydrogens (tertiary/aromatic N) is 1. The lowest BCUT2D eigenvalue weighted by Crippen LogP contribution is -2.28. The summed E-state index contributed by atoms with van der Waals surface area (Å²) in [6.45, 7) is 0.712. The molecule has 0 atom stereocenters. The van der Waals surface area contributed by atoms with Crippen molar-refractivity contribution in [3.8, 4) is 0 Å². The minimum atomic E-state index is -0.395. The number of benzene rings is 1. The number of esters is 1. The Labute approximate surface area is 113 Å². The standard InChI is InChI=1S/C14H19NO4/c1-15(10-6-9-13(16)18-2)14(17)19-11-12-7-4-3-5-8-12/h3-5,7-8H,6,9-11H2,1-2H3. The Morgan fingerprint density at radius 1 is 1.21 bits per heavy atom. The maximum Gasteiger partial charge on any atom is 0.409 e. The summed E-state index contributed by atoms with van der Waals surface area (Å²) < 4.78 is 9.67. The maximum absolute atomic E-state index is 11.6. The van der Waals surface area contributed by atoms with E-state index in [-0.39, 0.29) is 12.6 Å². The molecule has 1 aromatic carbocycles. The van der Waals surface area contributed by atoms with Crippen LogP contribution in [0.1, 0.15) is 18.4 Å². The summed E-state index contributed by atoms with van der Waals surface area (Å²) in [5, 5.41) is 0. The van der Waals surface area contributed by atoms with Crippen molar-refractivity contribution in [1.29, 1.82) is 0 Å². The third kappa shape index (κ3) is 5.90. The number of hydrogen-bond acceptors (Lipinski definition) is 4. The zero-order valence-electron chi connectivity index (χ0n) is 11.3. The van der Waals surface area contributed by atoms with Crippen LogP contribution in [0.2, 0.25) is 0 Å². The van der Waals surface area contributed by atoms with Gasteiger partial charge in [0, 0.05) is 20.0 Å². The number of ether oxygens (including phenoxy) is 2. The van der Waals surface area contributed by atoms with Crippen LogP contribution in [0.25, 0.3) is 0 Å².